The van der Waals surface area contributed by atoms with Crippen molar-refractivity contribution < 1.29 is 19.6 Å². The number of nitrogens with zero attached hydrogens (tertiary/aromatic N) is 2. The number of benzene rings is 1. The Morgan fingerprint density at radius 1 is 1.32 bits per heavy atom. The van der Waals surface area contributed by atoms with Gasteiger partial charge in [-0.15, -0.1) is 0 Å². The van der Waals surface area contributed by atoms with Crippen molar-refractivity contribution >= 4 is 11.8 Å². The monoisotopic (exact) mass is 266 g/mol. The molecule has 1 amide bonds. The van der Waals surface area contributed by atoms with E-state index in [-0.39, 0.29) is 17.5 Å². The number of carbonyl (C=O) groups is 1. The molecule has 1 aliphatic heterocycles. The lowest BCUT2D eigenvalue weighted by atomic mass is 10.1. The number of rotatable bonds is 2. The molecule has 1 aliphatic rings. The van der Waals surface area contributed by atoms with E-state index < -0.39 is 11.0 Å². The molecule has 0 radical (unpaired) electrons. The molecule has 1 heterocycles. The van der Waals surface area contributed by atoms with Crippen LogP contribution in [0.15, 0.2) is 24.3 Å². The highest BCUT2D eigenvalue weighted by molar-refractivity contribution is 5.70. The first kappa shape index (κ1) is 13.3. The summed E-state index contributed by atoms with van der Waals surface area (Å²) in [4.78, 5) is 23.3. The molecule has 2 rings (SSSR count). The molecule has 0 unspecified atom stereocenters. The molecule has 0 aliphatic carbocycles. The predicted octanol–water partition coefficient (Wildman–Crippen LogP) is 1.55. The number of ether oxygens (including phenoxy) is 1. The topological polar surface area (TPSA) is 92.9 Å². The SMILES string of the molecule is O=C(Oc1ccc([N+](=O)[O-])cc1)N1CCC(O)CC1. The molecule has 0 saturated carbocycles. The number of likely N-dealkylation sites (tertiary alicyclic amines) is 1. The highest BCUT2D eigenvalue weighted by Crippen LogP contribution is 2.19. The van der Waals surface area contributed by atoms with Crippen molar-refractivity contribution in [3.8, 4) is 5.75 Å². The third-order valence-corrected chi connectivity index (χ3v) is 2.98. The maximum atomic E-state index is 11.8. The van der Waals surface area contributed by atoms with E-state index in [2.05, 4.69) is 0 Å². The average Bonchev–Trinajstić information content (AvgIpc) is 2.40. The van der Waals surface area contributed by atoms with E-state index in [1.165, 1.54) is 29.2 Å². The Hall–Kier alpha value is -2.15. The summed E-state index contributed by atoms with van der Waals surface area (Å²) in [5, 5.41) is 19.8. The van der Waals surface area contributed by atoms with Crippen LogP contribution in [0.3, 0.4) is 0 Å². The number of carbonyl (C=O) groups excluding carboxylic acids is 1. The minimum atomic E-state index is -0.516. The van der Waals surface area contributed by atoms with E-state index in [1.807, 2.05) is 0 Å². The first-order chi connectivity index (χ1) is 9.06. The minimum Gasteiger partial charge on any atom is -0.410 e. The second-order valence-electron chi connectivity index (χ2n) is 4.34. The summed E-state index contributed by atoms with van der Waals surface area (Å²) < 4.78 is 5.11. The van der Waals surface area contributed by atoms with Crippen LogP contribution in [0.5, 0.6) is 5.75 Å². The van der Waals surface area contributed by atoms with Gasteiger partial charge in [0.05, 0.1) is 11.0 Å². The first-order valence-corrected chi connectivity index (χ1v) is 5.95. The molecular formula is C12H14N2O5. The highest BCUT2D eigenvalue weighted by atomic mass is 16.6. The quantitative estimate of drug-likeness (QED) is 0.647. The van der Waals surface area contributed by atoms with Crippen molar-refractivity contribution in [2.75, 3.05) is 13.1 Å². The number of nitro groups is 1. The van der Waals surface area contributed by atoms with Crippen LogP contribution >= 0.6 is 0 Å². The van der Waals surface area contributed by atoms with Crippen LogP contribution in [-0.4, -0.2) is 40.2 Å². The lowest BCUT2D eigenvalue weighted by molar-refractivity contribution is -0.384. The van der Waals surface area contributed by atoms with Crippen LogP contribution in [0.4, 0.5) is 10.5 Å². The molecule has 7 nitrogen and oxygen atoms in total. The van der Waals surface area contributed by atoms with Crippen molar-refractivity contribution in [1.29, 1.82) is 0 Å². The minimum absolute atomic E-state index is 0.0547. The average molecular weight is 266 g/mol. The number of non-ortho nitro benzene ring substituents is 1. The molecule has 102 valence electrons. The predicted molar refractivity (Wildman–Crippen MR) is 65.9 cm³/mol. The van der Waals surface area contributed by atoms with E-state index >= 15 is 0 Å². The van der Waals surface area contributed by atoms with Crippen LogP contribution in [0.25, 0.3) is 0 Å². The largest absolute Gasteiger partial charge is 0.415 e. The number of hydrogen-bond donors (Lipinski definition) is 1. The number of aliphatic hydroxyl groups is 1. The summed E-state index contributed by atoms with van der Waals surface area (Å²) in [6, 6.07) is 5.33. The zero-order chi connectivity index (χ0) is 13.8. The third-order valence-electron chi connectivity index (χ3n) is 2.98. The number of nitro benzene ring substituents is 1. The van der Waals surface area contributed by atoms with E-state index in [4.69, 9.17) is 4.74 Å². The summed E-state index contributed by atoms with van der Waals surface area (Å²) in [7, 11) is 0. The molecule has 1 N–H and O–H groups in total. The Bertz CT molecular complexity index is 466. The lowest BCUT2D eigenvalue weighted by Gasteiger charge is -2.28. The Balaban J connectivity index is 1.93. The summed E-state index contributed by atoms with van der Waals surface area (Å²) in [6.45, 7) is 0.903. The number of piperidine rings is 1. The zero-order valence-corrected chi connectivity index (χ0v) is 10.2. The van der Waals surface area contributed by atoms with Gasteiger partial charge in [-0.2, -0.15) is 0 Å². The van der Waals surface area contributed by atoms with Gasteiger partial charge < -0.3 is 14.7 Å². The smallest absolute Gasteiger partial charge is 0.410 e. The van der Waals surface area contributed by atoms with E-state index in [0.29, 0.717) is 25.9 Å². The van der Waals surface area contributed by atoms with Gasteiger partial charge >= 0.3 is 6.09 Å². The van der Waals surface area contributed by atoms with Gasteiger partial charge in [0.25, 0.3) is 5.69 Å². The molecule has 1 aromatic carbocycles. The fraction of sp³-hybridized carbons (Fsp3) is 0.417. The number of aliphatic hydroxyl groups excluding tert-OH is 1. The zero-order valence-electron chi connectivity index (χ0n) is 10.2. The Labute approximate surface area is 109 Å². The fourth-order valence-corrected chi connectivity index (χ4v) is 1.85. The highest BCUT2D eigenvalue weighted by Gasteiger charge is 2.22. The molecule has 0 spiro atoms. The van der Waals surface area contributed by atoms with E-state index in [9.17, 15) is 20.0 Å². The lowest BCUT2D eigenvalue weighted by Crippen LogP contribution is -2.41. The second kappa shape index (κ2) is 5.66. The molecule has 0 atom stereocenters. The van der Waals surface area contributed by atoms with Crippen LogP contribution in [0.2, 0.25) is 0 Å². The van der Waals surface area contributed by atoms with Gasteiger partial charge in [0.1, 0.15) is 5.75 Å². The molecule has 7 heteroatoms. The van der Waals surface area contributed by atoms with Gasteiger partial charge in [0.2, 0.25) is 0 Å². The maximum absolute atomic E-state index is 11.8. The summed E-state index contributed by atoms with van der Waals surface area (Å²) in [5.41, 5.74) is -0.0547. The Kier molecular flexibility index (Phi) is 3.96. The summed E-state index contributed by atoms with van der Waals surface area (Å²) in [5.74, 6) is 0.265. The van der Waals surface area contributed by atoms with Crippen molar-refractivity contribution in [1.82, 2.24) is 4.90 Å². The molecule has 0 bridgehead atoms. The van der Waals surface area contributed by atoms with Gasteiger partial charge in [-0.3, -0.25) is 10.1 Å². The molecular weight excluding hydrogens is 252 g/mol. The first-order valence-electron chi connectivity index (χ1n) is 5.95. The number of hydrogen-bond acceptors (Lipinski definition) is 5. The Morgan fingerprint density at radius 3 is 2.42 bits per heavy atom. The molecule has 1 saturated heterocycles. The normalized spacial score (nSPS) is 16.2. The van der Waals surface area contributed by atoms with Gasteiger partial charge in [0.15, 0.2) is 0 Å². The van der Waals surface area contributed by atoms with Crippen molar-refractivity contribution in [2.45, 2.75) is 18.9 Å². The van der Waals surface area contributed by atoms with Gasteiger partial charge in [-0.1, -0.05) is 0 Å². The van der Waals surface area contributed by atoms with Crippen LogP contribution < -0.4 is 4.74 Å². The number of amides is 1. The van der Waals surface area contributed by atoms with Crippen molar-refractivity contribution in [3.63, 3.8) is 0 Å². The molecule has 19 heavy (non-hydrogen) atoms. The van der Waals surface area contributed by atoms with Gasteiger partial charge in [0, 0.05) is 25.2 Å². The summed E-state index contributed by atoms with van der Waals surface area (Å²) >= 11 is 0. The van der Waals surface area contributed by atoms with E-state index in [0.717, 1.165) is 0 Å². The second-order valence-corrected chi connectivity index (χ2v) is 4.34. The Morgan fingerprint density at radius 2 is 1.89 bits per heavy atom. The standard InChI is InChI=1S/C12H14N2O5/c15-10-5-7-13(8-6-10)12(16)19-11-3-1-9(2-4-11)14(17)18/h1-4,10,15H,5-8H2. The van der Waals surface area contributed by atoms with Crippen LogP contribution in [0, 0.1) is 10.1 Å². The van der Waals surface area contributed by atoms with E-state index in [1.54, 1.807) is 0 Å². The van der Waals surface area contributed by atoms with Gasteiger partial charge in [-0.05, 0) is 25.0 Å². The van der Waals surface area contributed by atoms with Gasteiger partial charge in [-0.25, -0.2) is 4.79 Å². The molecule has 1 fully saturated rings. The molecule has 0 aromatic heterocycles. The third kappa shape index (κ3) is 3.41. The maximum Gasteiger partial charge on any atom is 0.415 e. The van der Waals surface area contributed by atoms with Crippen molar-refractivity contribution in [3.05, 3.63) is 34.4 Å². The van der Waals surface area contributed by atoms with Crippen LogP contribution in [-0.2, 0) is 0 Å². The fourth-order valence-electron chi connectivity index (χ4n) is 1.85. The molecule has 1 aromatic rings. The van der Waals surface area contributed by atoms with Crippen molar-refractivity contribution in [2.24, 2.45) is 0 Å². The van der Waals surface area contributed by atoms with Crippen LogP contribution in [0.1, 0.15) is 12.8 Å². The summed E-state index contributed by atoms with van der Waals surface area (Å²) in [6.07, 6.45) is 0.217.